The summed E-state index contributed by atoms with van der Waals surface area (Å²) in [5.41, 5.74) is -0.993. The van der Waals surface area contributed by atoms with Crippen molar-refractivity contribution in [1.82, 2.24) is 0 Å². The highest BCUT2D eigenvalue weighted by Gasteiger charge is 2.26. The number of nitro groups is 1. The van der Waals surface area contributed by atoms with E-state index in [1.54, 1.807) is 0 Å². The number of carbonyl (C=O) groups is 3. The minimum absolute atomic E-state index is 0.347. The molecule has 0 aliphatic rings. The molecule has 0 amide bonds. The summed E-state index contributed by atoms with van der Waals surface area (Å²) >= 11 is 0. The van der Waals surface area contributed by atoms with Crippen molar-refractivity contribution in [3.05, 3.63) is 33.9 Å². The lowest BCUT2D eigenvalue weighted by molar-refractivity contribution is -0.385. The Hall–Kier alpha value is -2.97. The summed E-state index contributed by atoms with van der Waals surface area (Å²) in [7, 11) is 1.05. The third kappa shape index (κ3) is 3.51. The van der Waals surface area contributed by atoms with Crippen molar-refractivity contribution < 1.29 is 33.9 Å². The number of hydrogen-bond donors (Lipinski definition) is 1. The van der Waals surface area contributed by atoms with Gasteiger partial charge in [-0.1, -0.05) is 6.07 Å². The van der Waals surface area contributed by atoms with Crippen LogP contribution in [0.5, 0.6) is 5.75 Å². The van der Waals surface area contributed by atoms with E-state index >= 15 is 0 Å². The second-order valence-corrected chi connectivity index (χ2v) is 3.45. The van der Waals surface area contributed by atoms with E-state index in [2.05, 4.69) is 9.47 Å². The van der Waals surface area contributed by atoms with Crippen LogP contribution in [0.3, 0.4) is 0 Å². The molecule has 0 bridgehead atoms. The summed E-state index contributed by atoms with van der Waals surface area (Å²) in [5, 5.41) is 19.3. The van der Waals surface area contributed by atoms with E-state index in [1.807, 2.05) is 0 Å². The van der Waals surface area contributed by atoms with Crippen LogP contribution in [-0.4, -0.2) is 35.0 Å². The van der Waals surface area contributed by atoms with Gasteiger partial charge >= 0.3 is 23.6 Å². The molecule has 0 aromatic heterocycles. The number of benzene rings is 1. The molecule has 9 heteroatoms. The number of carbonyl (C=O) groups excluding carboxylic acids is 2. The minimum Gasteiger partial charge on any atom is -0.481 e. The number of ether oxygens (including phenoxy) is 2. The first-order chi connectivity index (χ1) is 9.36. The van der Waals surface area contributed by atoms with Crippen LogP contribution in [0.4, 0.5) is 5.69 Å². The third-order valence-corrected chi connectivity index (χ3v) is 2.11. The predicted octanol–water partition coefficient (Wildman–Crippen LogP) is 0.761. The standard InChI is InChI=1S/C11H9NO8/c1-19-11(16)6-3-2-4-7(12(17)18)10(6)20-9(15)5-8(13)14/h2-4H,5H2,1H3,(H,13,14). The van der Waals surface area contributed by atoms with Gasteiger partial charge in [-0.3, -0.25) is 19.7 Å². The number of methoxy groups -OCH3 is 1. The predicted molar refractivity (Wildman–Crippen MR) is 62.3 cm³/mol. The summed E-state index contributed by atoms with van der Waals surface area (Å²) in [6.07, 6.45) is -0.993. The van der Waals surface area contributed by atoms with Crippen molar-refractivity contribution in [2.45, 2.75) is 6.42 Å². The van der Waals surface area contributed by atoms with E-state index in [1.165, 1.54) is 6.07 Å². The van der Waals surface area contributed by atoms with Gasteiger partial charge in [0.25, 0.3) is 0 Å². The SMILES string of the molecule is COC(=O)c1cccc([N+](=O)[O-])c1OC(=O)CC(=O)O. The molecule has 1 N–H and O–H groups in total. The van der Waals surface area contributed by atoms with Gasteiger partial charge in [-0.05, 0) is 6.07 Å². The highest BCUT2D eigenvalue weighted by molar-refractivity contribution is 5.97. The third-order valence-electron chi connectivity index (χ3n) is 2.11. The molecule has 20 heavy (non-hydrogen) atoms. The molecule has 0 radical (unpaired) electrons. The normalized spacial score (nSPS) is 9.65. The van der Waals surface area contributed by atoms with Gasteiger partial charge in [0.15, 0.2) is 0 Å². The zero-order valence-electron chi connectivity index (χ0n) is 10.2. The van der Waals surface area contributed by atoms with Crippen LogP contribution in [0.1, 0.15) is 16.8 Å². The molecular formula is C11H9NO8. The van der Waals surface area contributed by atoms with Crippen molar-refractivity contribution in [1.29, 1.82) is 0 Å². The fourth-order valence-corrected chi connectivity index (χ4v) is 1.32. The highest BCUT2D eigenvalue weighted by atomic mass is 16.6. The van der Waals surface area contributed by atoms with Crippen molar-refractivity contribution in [2.24, 2.45) is 0 Å². The van der Waals surface area contributed by atoms with E-state index in [0.29, 0.717) is 0 Å². The molecule has 0 heterocycles. The van der Waals surface area contributed by atoms with Crippen LogP contribution in [0, 0.1) is 10.1 Å². The number of nitrogens with zero attached hydrogens (tertiary/aromatic N) is 1. The monoisotopic (exact) mass is 283 g/mol. The Morgan fingerprint density at radius 3 is 2.50 bits per heavy atom. The van der Waals surface area contributed by atoms with Crippen LogP contribution in [-0.2, 0) is 14.3 Å². The Morgan fingerprint density at radius 2 is 2.00 bits per heavy atom. The number of hydrogen-bond acceptors (Lipinski definition) is 7. The zero-order chi connectivity index (χ0) is 15.3. The second-order valence-electron chi connectivity index (χ2n) is 3.45. The van der Waals surface area contributed by atoms with Crippen LogP contribution in [0.15, 0.2) is 18.2 Å². The molecule has 106 valence electrons. The Balaban J connectivity index is 3.25. The summed E-state index contributed by atoms with van der Waals surface area (Å²) < 4.78 is 9.01. The molecule has 0 atom stereocenters. The van der Waals surface area contributed by atoms with Crippen molar-refractivity contribution in [3.63, 3.8) is 0 Å². The van der Waals surface area contributed by atoms with Crippen molar-refractivity contribution in [2.75, 3.05) is 7.11 Å². The smallest absolute Gasteiger partial charge is 0.341 e. The van der Waals surface area contributed by atoms with Crippen molar-refractivity contribution >= 4 is 23.6 Å². The molecule has 0 aliphatic heterocycles. The highest BCUT2D eigenvalue weighted by Crippen LogP contribution is 2.31. The molecule has 0 aliphatic carbocycles. The summed E-state index contributed by atoms with van der Waals surface area (Å²) in [6, 6.07) is 3.37. The molecule has 1 aromatic carbocycles. The lowest BCUT2D eigenvalue weighted by Crippen LogP contribution is -2.16. The van der Waals surface area contributed by atoms with Gasteiger partial charge in [0.05, 0.1) is 12.0 Å². The lowest BCUT2D eigenvalue weighted by Gasteiger charge is -2.08. The molecule has 0 spiro atoms. The molecule has 0 saturated heterocycles. The summed E-state index contributed by atoms with van der Waals surface area (Å²) in [6.45, 7) is 0. The van der Waals surface area contributed by atoms with Gasteiger partial charge < -0.3 is 14.6 Å². The van der Waals surface area contributed by atoms with Crippen LogP contribution in [0.25, 0.3) is 0 Å². The van der Waals surface area contributed by atoms with Gasteiger partial charge in [-0.25, -0.2) is 4.79 Å². The molecule has 1 aromatic rings. The van der Waals surface area contributed by atoms with E-state index in [-0.39, 0.29) is 5.56 Å². The second kappa shape index (κ2) is 6.27. The maximum Gasteiger partial charge on any atom is 0.341 e. The quantitative estimate of drug-likeness (QED) is 0.275. The van der Waals surface area contributed by atoms with E-state index in [0.717, 1.165) is 19.2 Å². The summed E-state index contributed by atoms with van der Waals surface area (Å²) in [5.74, 6) is -4.30. The Kier molecular flexibility index (Phi) is 4.73. The number of carboxylic acids is 1. The molecular weight excluding hydrogens is 274 g/mol. The van der Waals surface area contributed by atoms with E-state index in [9.17, 15) is 24.5 Å². The molecule has 0 saturated carbocycles. The first kappa shape index (κ1) is 15.1. The van der Waals surface area contributed by atoms with Gasteiger partial charge in [-0.2, -0.15) is 0 Å². The van der Waals surface area contributed by atoms with Gasteiger partial charge in [0, 0.05) is 6.07 Å². The fraction of sp³-hybridized carbons (Fsp3) is 0.182. The Morgan fingerprint density at radius 1 is 1.35 bits per heavy atom. The average molecular weight is 283 g/mol. The van der Waals surface area contributed by atoms with Gasteiger partial charge in [0.2, 0.25) is 5.75 Å². The Labute approximate surface area is 111 Å². The number of nitro benzene ring substituents is 1. The topological polar surface area (TPSA) is 133 Å². The number of para-hydroxylation sites is 1. The fourth-order valence-electron chi connectivity index (χ4n) is 1.32. The number of carboxylic acid groups (broad SMARTS) is 1. The van der Waals surface area contributed by atoms with Gasteiger partial charge in [-0.15, -0.1) is 0 Å². The molecule has 0 fully saturated rings. The average Bonchev–Trinajstić information content (AvgIpc) is 2.36. The Bertz CT molecular complexity index is 580. The minimum atomic E-state index is -1.46. The van der Waals surface area contributed by atoms with E-state index in [4.69, 9.17) is 5.11 Å². The maximum atomic E-state index is 11.5. The number of aliphatic carboxylic acids is 1. The number of esters is 2. The van der Waals surface area contributed by atoms with Crippen LogP contribution >= 0.6 is 0 Å². The molecule has 9 nitrogen and oxygen atoms in total. The summed E-state index contributed by atoms with van der Waals surface area (Å²) in [4.78, 5) is 43.1. The van der Waals surface area contributed by atoms with E-state index < -0.39 is 40.7 Å². The lowest BCUT2D eigenvalue weighted by atomic mass is 10.1. The van der Waals surface area contributed by atoms with Crippen molar-refractivity contribution in [3.8, 4) is 5.75 Å². The zero-order valence-corrected chi connectivity index (χ0v) is 10.2. The molecule has 1 rings (SSSR count). The number of rotatable bonds is 5. The first-order valence-corrected chi connectivity index (χ1v) is 5.15. The van der Waals surface area contributed by atoms with Crippen LogP contribution in [0.2, 0.25) is 0 Å². The van der Waals surface area contributed by atoms with Crippen LogP contribution < -0.4 is 4.74 Å². The first-order valence-electron chi connectivity index (χ1n) is 5.15. The van der Waals surface area contributed by atoms with Gasteiger partial charge in [0.1, 0.15) is 12.0 Å². The largest absolute Gasteiger partial charge is 0.481 e. The maximum absolute atomic E-state index is 11.5. The molecule has 0 unspecified atom stereocenters.